The second-order valence-electron chi connectivity index (χ2n) is 5.03. The fourth-order valence-corrected chi connectivity index (χ4v) is 3.04. The van der Waals surface area contributed by atoms with Gasteiger partial charge in [0.15, 0.2) is 6.61 Å². The molecule has 5 nitrogen and oxygen atoms in total. The van der Waals surface area contributed by atoms with E-state index in [0.717, 1.165) is 22.0 Å². The Morgan fingerprint density at radius 2 is 2.36 bits per heavy atom. The van der Waals surface area contributed by atoms with Crippen LogP contribution in [0.4, 0.5) is 5.69 Å². The SMILES string of the molecule is Cc1nc(-c2ccc3c(c2)N(CCCC#N)C(=O)CO3)cs1. The van der Waals surface area contributed by atoms with Gasteiger partial charge >= 0.3 is 0 Å². The minimum atomic E-state index is -0.0722. The zero-order chi connectivity index (χ0) is 15.5. The Labute approximate surface area is 132 Å². The number of nitriles is 1. The first kappa shape index (κ1) is 14.5. The van der Waals surface area contributed by atoms with Crippen molar-refractivity contribution in [2.75, 3.05) is 18.1 Å². The van der Waals surface area contributed by atoms with Gasteiger partial charge in [-0.05, 0) is 31.5 Å². The molecule has 6 heteroatoms. The number of nitrogens with zero attached hydrogens (tertiary/aromatic N) is 3. The minimum Gasteiger partial charge on any atom is -0.482 e. The van der Waals surface area contributed by atoms with Crippen molar-refractivity contribution < 1.29 is 9.53 Å². The van der Waals surface area contributed by atoms with Crippen LogP contribution in [0.1, 0.15) is 17.8 Å². The summed E-state index contributed by atoms with van der Waals surface area (Å²) in [5, 5.41) is 11.7. The molecule has 0 saturated carbocycles. The van der Waals surface area contributed by atoms with E-state index in [0.29, 0.717) is 25.1 Å². The van der Waals surface area contributed by atoms with Crippen LogP contribution in [0.2, 0.25) is 0 Å². The van der Waals surface area contributed by atoms with E-state index in [1.165, 1.54) is 0 Å². The van der Waals surface area contributed by atoms with E-state index in [9.17, 15) is 4.79 Å². The van der Waals surface area contributed by atoms with Crippen molar-refractivity contribution in [1.82, 2.24) is 4.98 Å². The molecule has 2 aromatic rings. The predicted octanol–water partition coefficient (Wildman–Crippen LogP) is 3.15. The number of aryl methyl sites for hydroxylation is 1. The smallest absolute Gasteiger partial charge is 0.265 e. The third-order valence-electron chi connectivity index (χ3n) is 3.49. The first-order chi connectivity index (χ1) is 10.7. The zero-order valence-corrected chi connectivity index (χ0v) is 13.0. The van der Waals surface area contributed by atoms with Gasteiger partial charge in [0.05, 0.1) is 22.5 Å². The monoisotopic (exact) mass is 313 g/mol. The van der Waals surface area contributed by atoms with Gasteiger partial charge in [-0.1, -0.05) is 0 Å². The molecule has 0 spiro atoms. The van der Waals surface area contributed by atoms with E-state index in [-0.39, 0.29) is 12.5 Å². The summed E-state index contributed by atoms with van der Waals surface area (Å²) in [6.45, 7) is 2.55. The van der Waals surface area contributed by atoms with E-state index in [2.05, 4.69) is 11.1 Å². The number of benzene rings is 1. The molecule has 22 heavy (non-hydrogen) atoms. The molecule has 0 saturated heterocycles. The average molecular weight is 313 g/mol. The van der Waals surface area contributed by atoms with E-state index < -0.39 is 0 Å². The van der Waals surface area contributed by atoms with Crippen LogP contribution in [-0.4, -0.2) is 24.0 Å². The molecule has 0 N–H and O–H groups in total. The molecule has 112 valence electrons. The van der Waals surface area contributed by atoms with Crippen LogP contribution in [0.3, 0.4) is 0 Å². The summed E-state index contributed by atoms with van der Waals surface area (Å²) < 4.78 is 5.49. The van der Waals surface area contributed by atoms with Gasteiger partial charge in [-0.15, -0.1) is 11.3 Å². The average Bonchev–Trinajstić information content (AvgIpc) is 2.96. The highest BCUT2D eigenvalue weighted by molar-refractivity contribution is 7.09. The van der Waals surface area contributed by atoms with E-state index >= 15 is 0 Å². The lowest BCUT2D eigenvalue weighted by atomic mass is 10.1. The molecule has 1 amide bonds. The second kappa shape index (κ2) is 6.16. The quantitative estimate of drug-likeness (QED) is 0.813. The predicted molar refractivity (Wildman–Crippen MR) is 85.0 cm³/mol. The van der Waals surface area contributed by atoms with Crippen LogP contribution in [-0.2, 0) is 4.79 Å². The molecule has 0 aliphatic carbocycles. The standard InChI is InChI=1S/C16H15N3O2S/c1-11-18-13(10-22-11)12-4-5-15-14(8-12)19(7-3-2-6-17)16(20)9-21-15/h4-5,8,10H,2-3,7,9H2,1H3. The van der Waals surface area contributed by atoms with Gasteiger partial charge in [-0.3, -0.25) is 4.79 Å². The van der Waals surface area contributed by atoms with Crippen molar-refractivity contribution in [1.29, 1.82) is 5.26 Å². The van der Waals surface area contributed by atoms with E-state index in [1.807, 2.05) is 30.5 Å². The fraction of sp³-hybridized carbons (Fsp3) is 0.312. The molecular weight excluding hydrogens is 298 g/mol. The van der Waals surface area contributed by atoms with Gasteiger partial charge in [0.25, 0.3) is 5.91 Å². The van der Waals surface area contributed by atoms with Gasteiger partial charge in [-0.25, -0.2) is 4.98 Å². The van der Waals surface area contributed by atoms with E-state index in [4.69, 9.17) is 10.00 Å². The number of ether oxygens (including phenoxy) is 1. The summed E-state index contributed by atoms with van der Waals surface area (Å²) in [5.41, 5.74) is 2.63. The number of anilines is 1. The number of carbonyl (C=O) groups excluding carboxylic acids is 1. The molecule has 1 aliphatic rings. The Balaban J connectivity index is 1.94. The Morgan fingerprint density at radius 3 is 3.09 bits per heavy atom. The summed E-state index contributed by atoms with van der Waals surface area (Å²) in [4.78, 5) is 18.3. The zero-order valence-electron chi connectivity index (χ0n) is 12.2. The van der Waals surface area contributed by atoms with Crippen LogP contribution in [0.25, 0.3) is 11.3 Å². The van der Waals surface area contributed by atoms with E-state index in [1.54, 1.807) is 16.2 Å². The lowest BCUT2D eigenvalue weighted by Gasteiger charge is -2.29. The number of amides is 1. The topological polar surface area (TPSA) is 66.2 Å². The van der Waals surface area contributed by atoms with Crippen molar-refractivity contribution in [3.8, 4) is 23.1 Å². The molecule has 1 aromatic carbocycles. The largest absolute Gasteiger partial charge is 0.482 e. The van der Waals surface area contributed by atoms with Crippen LogP contribution in [0.15, 0.2) is 23.6 Å². The molecule has 0 bridgehead atoms. The summed E-state index contributed by atoms with van der Waals surface area (Å²) in [6.07, 6.45) is 1.09. The number of carbonyl (C=O) groups is 1. The van der Waals surface area contributed by atoms with Gasteiger partial charge in [0.2, 0.25) is 0 Å². The van der Waals surface area contributed by atoms with Gasteiger partial charge in [0, 0.05) is 23.9 Å². The molecule has 1 aromatic heterocycles. The number of hydrogen-bond donors (Lipinski definition) is 0. The maximum atomic E-state index is 12.1. The third kappa shape index (κ3) is 2.81. The number of aromatic nitrogens is 1. The lowest BCUT2D eigenvalue weighted by Crippen LogP contribution is -2.39. The summed E-state index contributed by atoms with van der Waals surface area (Å²) in [7, 11) is 0. The Kier molecular flexibility index (Phi) is 4.07. The number of rotatable bonds is 4. The summed E-state index contributed by atoms with van der Waals surface area (Å²) in [5.74, 6) is 0.629. The van der Waals surface area contributed by atoms with Crippen molar-refractivity contribution in [3.05, 3.63) is 28.6 Å². The van der Waals surface area contributed by atoms with Crippen molar-refractivity contribution in [2.24, 2.45) is 0 Å². The van der Waals surface area contributed by atoms with Crippen molar-refractivity contribution in [2.45, 2.75) is 19.8 Å². The lowest BCUT2D eigenvalue weighted by molar-refractivity contribution is -0.121. The van der Waals surface area contributed by atoms with Gasteiger partial charge in [0.1, 0.15) is 5.75 Å². The summed E-state index contributed by atoms with van der Waals surface area (Å²) in [6, 6.07) is 7.88. The maximum absolute atomic E-state index is 12.1. The highest BCUT2D eigenvalue weighted by Crippen LogP contribution is 2.36. The van der Waals surface area contributed by atoms with Crippen LogP contribution >= 0.6 is 11.3 Å². The maximum Gasteiger partial charge on any atom is 0.265 e. The van der Waals surface area contributed by atoms with Crippen molar-refractivity contribution in [3.63, 3.8) is 0 Å². The second-order valence-corrected chi connectivity index (χ2v) is 6.09. The number of thiazole rings is 1. The summed E-state index contributed by atoms with van der Waals surface area (Å²) >= 11 is 1.60. The first-order valence-electron chi connectivity index (χ1n) is 7.05. The molecule has 3 rings (SSSR count). The minimum absolute atomic E-state index is 0.0503. The molecular formula is C16H15N3O2S. The normalized spacial score (nSPS) is 13.5. The van der Waals surface area contributed by atoms with Crippen LogP contribution in [0.5, 0.6) is 5.75 Å². The molecule has 0 unspecified atom stereocenters. The van der Waals surface area contributed by atoms with Crippen LogP contribution < -0.4 is 9.64 Å². The molecule has 0 fully saturated rings. The Hall–Kier alpha value is -2.39. The molecule has 0 radical (unpaired) electrons. The number of hydrogen-bond acceptors (Lipinski definition) is 5. The Bertz CT molecular complexity index is 748. The first-order valence-corrected chi connectivity index (χ1v) is 7.93. The Morgan fingerprint density at radius 1 is 1.50 bits per heavy atom. The van der Waals surface area contributed by atoms with Gasteiger partial charge in [-0.2, -0.15) is 5.26 Å². The van der Waals surface area contributed by atoms with Crippen LogP contribution in [0, 0.1) is 18.3 Å². The fourth-order valence-electron chi connectivity index (χ4n) is 2.42. The molecule has 2 heterocycles. The highest BCUT2D eigenvalue weighted by atomic mass is 32.1. The van der Waals surface area contributed by atoms with Gasteiger partial charge < -0.3 is 9.64 Å². The molecule has 1 aliphatic heterocycles. The van der Waals surface area contributed by atoms with Crippen molar-refractivity contribution >= 4 is 22.9 Å². The number of fused-ring (bicyclic) bond motifs is 1. The number of unbranched alkanes of at least 4 members (excludes halogenated alkanes) is 1. The highest BCUT2D eigenvalue weighted by Gasteiger charge is 2.25. The third-order valence-corrected chi connectivity index (χ3v) is 4.26. The molecule has 0 atom stereocenters.